The lowest BCUT2D eigenvalue weighted by atomic mass is 10.1. The van der Waals surface area contributed by atoms with Gasteiger partial charge in [-0.05, 0) is 13.8 Å². The second-order valence-electron chi connectivity index (χ2n) is 4.88. The van der Waals surface area contributed by atoms with Crippen LogP contribution in [0.15, 0.2) is 12.4 Å². The Morgan fingerprint density at radius 3 is 2.74 bits per heavy atom. The van der Waals surface area contributed by atoms with E-state index in [9.17, 15) is 9.59 Å². The second-order valence-corrected chi connectivity index (χ2v) is 4.88. The van der Waals surface area contributed by atoms with Gasteiger partial charge in [0, 0.05) is 13.3 Å². The first-order valence-corrected chi connectivity index (χ1v) is 5.87. The summed E-state index contributed by atoms with van der Waals surface area (Å²) in [5.74, 6) is -1.49. The molecular formula is C12H19N3O4. The number of hydrogen-bond acceptors (Lipinski definition) is 4. The quantitative estimate of drug-likeness (QED) is 0.801. The van der Waals surface area contributed by atoms with E-state index in [0.717, 1.165) is 0 Å². The van der Waals surface area contributed by atoms with E-state index in [0.29, 0.717) is 12.3 Å². The molecule has 0 aliphatic heterocycles. The van der Waals surface area contributed by atoms with Crippen LogP contribution in [0.3, 0.4) is 0 Å². The second kappa shape index (κ2) is 5.83. The molecule has 0 spiro atoms. The van der Waals surface area contributed by atoms with Crippen LogP contribution in [0, 0.1) is 5.92 Å². The highest BCUT2D eigenvalue weighted by molar-refractivity contribution is 5.92. The normalized spacial score (nSPS) is 13.1. The van der Waals surface area contributed by atoms with Crippen LogP contribution >= 0.6 is 0 Å². The van der Waals surface area contributed by atoms with Crippen LogP contribution in [-0.2, 0) is 19.9 Å². The molecule has 19 heavy (non-hydrogen) atoms. The fourth-order valence-corrected chi connectivity index (χ4v) is 1.38. The number of carboxylic acid groups (broad SMARTS) is 1. The molecule has 0 bridgehead atoms. The van der Waals surface area contributed by atoms with Gasteiger partial charge in [0.1, 0.15) is 0 Å². The third kappa shape index (κ3) is 3.54. The lowest BCUT2D eigenvalue weighted by molar-refractivity contribution is -0.146. The Morgan fingerprint density at radius 1 is 1.58 bits per heavy atom. The van der Waals surface area contributed by atoms with Crippen molar-refractivity contribution in [2.45, 2.75) is 26.3 Å². The van der Waals surface area contributed by atoms with Gasteiger partial charge in [0.05, 0.1) is 24.4 Å². The Balaban J connectivity index is 2.76. The van der Waals surface area contributed by atoms with Gasteiger partial charge in [-0.25, -0.2) is 4.79 Å². The van der Waals surface area contributed by atoms with Gasteiger partial charge in [0.2, 0.25) is 5.91 Å². The molecule has 106 valence electrons. The third-order valence-electron chi connectivity index (χ3n) is 2.81. The number of methoxy groups -OCH3 is 1. The van der Waals surface area contributed by atoms with Crippen LogP contribution < -0.4 is 5.32 Å². The highest BCUT2D eigenvalue weighted by atomic mass is 16.5. The number of amides is 1. The van der Waals surface area contributed by atoms with Crippen molar-refractivity contribution >= 4 is 17.6 Å². The van der Waals surface area contributed by atoms with Gasteiger partial charge in [-0.2, -0.15) is 5.10 Å². The highest BCUT2D eigenvalue weighted by Gasteiger charge is 2.30. The standard InChI is InChI=1S/C12H19N3O4/c1-8(7-19-4)10(16)14-9-5-13-15(6-9)12(2,3)11(17)18/h5-6,8H,7H2,1-4H3,(H,14,16)(H,17,18). The first-order chi connectivity index (χ1) is 8.78. The number of carboxylic acids is 1. The minimum absolute atomic E-state index is 0.200. The molecular weight excluding hydrogens is 250 g/mol. The molecule has 0 aromatic carbocycles. The summed E-state index contributed by atoms with van der Waals surface area (Å²) < 4.78 is 6.19. The maximum atomic E-state index is 11.8. The molecule has 1 amide bonds. The Kier molecular flexibility index (Phi) is 4.66. The number of carbonyl (C=O) groups excluding carboxylic acids is 1. The van der Waals surface area contributed by atoms with Crippen molar-refractivity contribution in [3.8, 4) is 0 Å². The average molecular weight is 269 g/mol. The summed E-state index contributed by atoms with van der Waals surface area (Å²) in [5, 5.41) is 15.7. The summed E-state index contributed by atoms with van der Waals surface area (Å²) in [5.41, 5.74) is -0.705. The van der Waals surface area contributed by atoms with Crippen LogP contribution in [-0.4, -0.2) is 40.5 Å². The van der Waals surface area contributed by atoms with Crippen LogP contribution in [0.1, 0.15) is 20.8 Å². The summed E-state index contributed by atoms with van der Waals surface area (Å²) >= 11 is 0. The number of anilines is 1. The molecule has 1 unspecified atom stereocenters. The van der Waals surface area contributed by atoms with E-state index in [1.54, 1.807) is 6.92 Å². The number of rotatable bonds is 6. The van der Waals surface area contributed by atoms with Gasteiger partial charge in [0.25, 0.3) is 0 Å². The van der Waals surface area contributed by atoms with Crippen molar-refractivity contribution < 1.29 is 19.4 Å². The Bertz CT molecular complexity index is 467. The minimum atomic E-state index is -1.17. The Hall–Kier alpha value is -1.89. The summed E-state index contributed by atoms with van der Waals surface area (Å²) in [6.07, 6.45) is 2.91. The van der Waals surface area contributed by atoms with Gasteiger partial charge < -0.3 is 15.2 Å². The molecule has 0 fully saturated rings. The average Bonchev–Trinajstić information content (AvgIpc) is 2.78. The maximum Gasteiger partial charge on any atom is 0.331 e. The molecule has 1 rings (SSSR count). The van der Waals surface area contributed by atoms with Crippen molar-refractivity contribution in [3.05, 3.63) is 12.4 Å². The first-order valence-electron chi connectivity index (χ1n) is 5.87. The number of aromatic nitrogens is 2. The number of nitrogens with one attached hydrogen (secondary N) is 1. The van der Waals surface area contributed by atoms with Gasteiger partial charge in [0.15, 0.2) is 5.54 Å². The number of hydrogen-bond donors (Lipinski definition) is 2. The zero-order valence-corrected chi connectivity index (χ0v) is 11.5. The summed E-state index contributed by atoms with van der Waals surface area (Å²) in [7, 11) is 1.52. The van der Waals surface area contributed by atoms with E-state index >= 15 is 0 Å². The molecule has 1 atom stereocenters. The van der Waals surface area contributed by atoms with Crippen molar-refractivity contribution in [2.75, 3.05) is 19.0 Å². The number of carbonyl (C=O) groups is 2. The smallest absolute Gasteiger partial charge is 0.331 e. The van der Waals surface area contributed by atoms with Gasteiger partial charge in [-0.3, -0.25) is 9.48 Å². The molecule has 7 nitrogen and oxygen atoms in total. The van der Waals surface area contributed by atoms with Gasteiger partial charge >= 0.3 is 5.97 Å². The van der Waals surface area contributed by atoms with E-state index in [2.05, 4.69) is 10.4 Å². The molecule has 0 radical (unpaired) electrons. The molecule has 0 saturated carbocycles. The lowest BCUT2D eigenvalue weighted by Crippen LogP contribution is -2.36. The van der Waals surface area contributed by atoms with Crippen LogP contribution in [0.4, 0.5) is 5.69 Å². The summed E-state index contributed by atoms with van der Waals surface area (Å²) in [6, 6.07) is 0. The van der Waals surface area contributed by atoms with Crippen LogP contribution in [0.2, 0.25) is 0 Å². The zero-order chi connectivity index (χ0) is 14.6. The molecule has 0 aliphatic rings. The van der Waals surface area contributed by atoms with Crippen molar-refractivity contribution in [3.63, 3.8) is 0 Å². The Labute approximate surface area is 111 Å². The number of ether oxygens (including phenoxy) is 1. The number of aliphatic carboxylic acids is 1. The van der Waals surface area contributed by atoms with E-state index in [-0.39, 0.29) is 11.8 Å². The predicted molar refractivity (Wildman–Crippen MR) is 68.9 cm³/mol. The molecule has 7 heteroatoms. The zero-order valence-electron chi connectivity index (χ0n) is 11.5. The van der Waals surface area contributed by atoms with Crippen molar-refractivity contribution in [1.82, 2.24) is 9.78 Å². The van der Waals surface area contributed by atoms with Crippen molar-refractivity contribution in [2.24, 2.45) is 5.92 Å². The van der Waals surface area contributed by atoms with Crippen LogP contribution in [0.5, 0.6) is 0 Å². The molecule has 1 aromatic rings. The van der Waals surface area contributed by atoms with E-state index in [4.69, 9.17) is 9.84 Å². The molecule has 2 N–H and O–H groups in total. The fourth-order valence-electron chi connectivity index (χ4n) is 1.38. The van der Waals surface area contributed by atoms with Crippen molar-refractivity contribution in [1.29, 1.82) is 0 Å². The Morgan fingerprint density at radius 2 is 2.21 bits per heavy atom. The fraction of sp³-hybridized carbons (Fsp3) is 0.583. The van der Waals surface area contributed by atoms with E-state index < -0.39 is 11.5 Å². The van der Waals surface area contributed by atoms with Gasteiger partial charge in [-0.15, -0.1) is 0 Å². The lowest BCUT2D eigenvalue weighted by Gasteiger charge is -2.19. The number of nitrogens with zero attached hydrogens (tertiary/aromatic N) is 2. The van der Waals surface area contributed by atoms with E-state index in [1.807, 2.05) is 0 Å². The topological polar surface area (TPSA) is 93.5 Å². The third-order valence-corrected chi connectivity index (χ3v) is 2.81. The molecule has 1 heterocycles. The first kappa shape index (κ1) is 15.2. The highest BCUT2D eigenvalue weighted by Crippen LogP contribution is 2.17. The maximum absolute atomic E-state index is 11.8. The minimum Gasteiger partial charge on any atom is -0.479 e. The summed E-state index contributed by atoms with van der Waals surface area (Å²) in [6.45, 7) is 5.12. The molecule has 1 aromatic heterocycles. The summed E-state index contributed by atoms with van der Waals surface area (Å²) in [4.78, 5) is 22.8. The molecule has 0 aliphatic carbocycles. The largest absolute Gasteiger partial charge is 0.479 e. The van der Waals surface area contributed by atoms with E-state index in [1.165, 1.54) is 38.0 Å². The SMILES string of the molecule is COCC(C)C(=O)Nc1cnn(C(C)(C)C(=O)O)c1. The monoisotopic (exact) mass is 269 g/mol. The van der Waals surface area contributed by atoms with Gasteiger partial charge in [-0.1, -0.05) is 6.92 Å². The predicted octanol–water partition coefficient (Wildman–Crippen LogP) is 0.924. The molecule has 0 saturated heterocycles. The van der Waals surface area contributed by atoms with Crippen LogP contribution in [0.25, 0.3) is 0 Å².